The molecule has 0 spiro atoms. The molecule has 0 radical (unpaired) electrons. The first-order chi connectivity index (χ1) is 30.3. The van der Waals surface area contributed by atoms with Gasteiger partial charge in [0.05, 0.1) is 0 Å². The third kappa shape index (κ3) is 10.0. The van der Waals surface area contributed by atoms with Crippen LogP contribution in [0.1, 0.15) is 25.7 Å². The first-order valence-corrected chi connectivity index (χ1v) is 26.7. The smallest absolute Gasteiger partial charge is 0.0325 e. The van der Waals surface area contributed by atoms with Crippen molar-refractivity contribution in [3.05, 3.63) is 243 Å². The van der Waals surface area contributed by atoms with Crippen LogP contribution in [0.3, 0.4) is 0 Å². The molecule has 2 unspecified atom stereocenters. The van der Waals surface area contributed by atoms with Crippen LogP contribution in [-0.4, -0.2) is 21.5 Å². The van der Waals surface area contributed by atoms with Crippen molar-refractivity contribution in [2.24, 2.45) is 5.92 Å². The van der Waals surface area contributed by atoms with Gasteiger partial charge in [-0.2, -0.15) is 0 Å². The van der Waals surface area contributed by atoms with Gasteiger partial charge in [0.15, 0.2) is 0 Å². The molecule has 0 aliphatic heterocycles. The van der Waals surface area contributed by atoms with Crippen molar-refractivity contribution in [3.8, 4) is 0 Å². The Morgan fingerprint density at radius 3 is 0.820 bits per heavy atom. The van der Waals surface area contributed by atoms with E-state index in [0.717, 1.165) is 13.0 Å². The molecule has 1 fully saturated rings. The van der Waals surface area contributed by atoms with E-state index in [1.54, 1.807) is 0 Å². The van der Waals surface area contributed by atoms with Gasteiger partial charge >= 0.3 is 0 Å². The van der Waals surface area contributed by atoms with Crippen LogP contribution in [0, 0.1) is 5.92 Å². The van der Waals surface area contributed by atoms with E-state index in [2.05, 4.69) is 252 Å². The van der Waals surface area contributed by atoms with E-state index < -0.39 is 32.3 Å². The van der Waals surface area contributed by atoms with Gasteiger partial charge in [0.25, 0.3) is 0 Å². The average Bonchev–Trinajstić information content (AvgIpc) is 3.34. The molecule has 8 aromatic rings. The lowest BCUT2D eigenvalue weighted by molar-refractivity contribution is 0.259. The maximum atomic E-state index is 3.06. The van der Waals surface area contributed by atoms with Crippen molar-refractivity contribution in [2.45, 2.75) is 31.7 Å². The minimum absolute atomic E-state index is 0.387. The van der Waals surface area contributed by atoms with Gasteiger partial charge in [0.1, 0.15) is 0 Å². The van der Waals surface area contributed by atoms with Crippen molar-refractivity contribution in [1.82, 2.24) is 8.88 Å². The van der Waals surface area contributed by atoms with Crippen LogP contribution >= 0.6 is 32.3 Å². The van der Waals surface area contributed by atoms with Gasteiger partial charge in [-0.15, -0.1) is 0 Å². The molecule has 0 saturated heterocycles. The molecule has 1 saturated carbocycles. The summed E-state index contributed by atoms with van der Waals surface area (Å²) >= 11 is 0. The van der Waals surface area contributed by atoms with Crippen LogP contribution in [0.25, 0.3) is 0 Å². The van der Waals surface area contributed by atoms with E-state index in [1.807, 2.05) is 0 Å². The molecule has 2 nitrogen and oxygen atoms in total. The van der Waals surface area contributed by atoms with Crippen molar-refractivity contribution in [2.75, 3.05) is 6.54 Å². The quantitative estimate of drug-likeness (QED) is 0.0948. The molecule has 0 bridgehead atoms. The summed E-state index contributed by atoms with van der Waals surface area (Å²) in [6, 6.07) is 91.6. The Kier molecular flexibility index (Phi) is 14.4. The summed E-state index contributed by atoms with van der Waals surface area (Å²) in [7, 11) is -3.49. The van der Waals surface area contributed by atoms with Crippen molar-refractivity contribution >= 4 is 74.7 Å². The number of hydrogen-bond acceptors (Lipinski definition) is 2. The highest BCUT2D eigenvalue weighted by molar-refractivity contribution is 7.85. The fourth-order valence-electron chi connectivity index (χ4n) is 8.69. The molecule has 8 aromatic carbocycles. The van der Waals surface area contributed by atoms with Crippen LogP contribution in [0.4, 0.5) is 0 Å². The number of rotatable bonds is 15. The Bertz CT molecular complexity index is 2160. The lowest BCUT2D eigenvalue weighted by Crippen LogP contribution is -2.42. The van der Waals surface area contributed by atoms with Gasteiger partial charge < -0.3 is 0 Å². The van der Waals surface area contributed by atoms with E-state index >= 15 is 0 Å². The summed E-state index contributed by atoms with van der Waals surface area (Å²) < 4.78 is 6.05. The molecular weight excluding hydrogens is 813 g/mol. The Balaban J connectivity index is 1.19. The molecule has 0 amide bonds. The van der Waals surface area contributed by atoms with Crippen molar-refractivity contribution in [3.63, 3.8) is 0 Å². The second-order valence-electron chi connectivity index (χ2n) is 15.5. The molecule has 1 aliphatic rings. The molecule has 0 N–H and O–H groups in total. The monoisotopic (exact) mass is 864 g/mol. The minimum Gasteiger partial charge on any atom is -0.244 e. The summed E-state index contributed by atoms with van der Waals surface area (Å²) in [6.45, 7) is 1.03. The maximum absolute atomic E-state index is 3.06. The fourth-order valence-corrected chi connectivity index (χ4v) is 21.3. The van der Waals surface area contributed by atoms with Crippen LogP contribution < -0.4 is 42.4 Å². The van der Waals surface area contributed by atoms with Gasteiger partial charge in [0.2, 0.25) is 0 Å². The van der Waals surface area contributed by atoms with Crippen LogP contribution in [0.15, 0.2) is 243 Å². The largest absolute Gasteiger partial charge is 0.244 e. The maximum Gasteiger partial charge on any atom is 0.0325 e. The molecular formula is C55H52N2P4. The summed E-state index contributed by atoms with van der Waals surface area (Å²) in [4.78, 5) is 0. The van der Waals surface area contributed by atoms with Crippen LogP contribution in [0.2, 0.25) is 0 Å². The zero-order valence-electron chi connectivity index (χ0n) is 34.5. The third-order valence-electron chi connectivity index (χ3n) is 11.4. The van der Waals surface area contributed by atoms with E-state index in [4.69, 9.17) is 0 Å². The van der Waals surface area contributed by atoms with Gasteiger partial charge in [-0.1, -0.05) is 249 Å². The highest BCUT2D eigenvalue weighted by Gasteiger charge is 2.41. The second kappa shape index (κ2) is 21.0. The molecule has 0 aromatic heterocycles. The highest BCUT2D eigenvalue weighted by atomic mass is 31.2. The third-order valence-corrected chi connectivity index (χ3v) is 22.5. The van der Waals surface area contributed by atoms with Crippen molar-refractivity contribution < 1.29 is 0 Å². The van der Waals surface area contributed by atoms with Gasteiger partial charge in [-0.25, -0.2) is 8.88 Å². The molecule has 1 aliphatic carbocycles. The first kappa shape index (κ1) is 41.7. The Morgan fingerprint density at radius 2 is 0.557 bits per heavy atom. The van der Waals surface area contributed by atoms with Gasteiger partial charge in [0, 0.05) is 44.9 Å². The summed E-state index contributed by atoms with van der Waals surface area (Å²) in [6.07, 6.45) is 4.77. The highest BCUT2D eigenvalue weighted by Crippen LogP contribution is 2.59. The summed E-state index contributed by atoms with van der Waals surface area (Å²) in [5, 5.41) is 11.3. The minimum atomic E-state index is -0.876. The summed E-state index contributed by atoms with van der Waals surface area (Å²) in [5.74, 6) is 0.503. The Hall–Kier alpha value is -4.60. The molecule has 61 heavy (non-hydrogen) atoms. The van der Waals surface area contributed by atoms with E-state index in [-0.39, 0.29) is 0 Å². The molecule has 6 heteroatoms. The molecule has 0 heterocycles. The predicted molar refractivity (Wildman–Crippen MR) is 271 cm³/mol. The molecule has 302 valence electrons. The lowest BCUT2D eigenvalue weighted by atomic mass is 9.86. The first-order valence-electron chi connectivity index (χ1n) is 21.5. The Labute approximate surface area is 368 Å². The van der Waals surface area contributed by atoms with Crippen LogP contribution in [0.5, 0.6) is 0 Å². The molecule has 9 rings (SSSR count). The number of nitrogens with zero attached hydrogens (tertiary/aromatic N) is 2. The average molecular weight is 865 g/mol. The lowest BCUT2D eigenvalue weighted by Gasteiger charge is -2.48. The van der Waals surface area contributed by atoms with E-state index in [1.165, 1.54) is 61.7 Å². The normalized spacial score (nSPS) is 15.6. The van der Waals surface area contributed by atoms with Gasteiger partial charge in [-0.05, 0) is 67.6 Å². The predicted octanol–water partition coefficient (Wildman–Crippen LogP) is 11.3. The van der Waals surface area contributed by atoms with Crippen LogP contribution in [-0.2, 0) is 0 Å². The zero-order chi connectivity index (χ0) is 41.1. The molecule has 2 atom stereocenters. The second-order valence-corrected chi connectivity index (χ2v) is 24.6. The SMILES string of the molecule is c1ccc(P(c2ccccc2)N(CC2CCCC(N(P(c3ccccc3)c3ccccc3)P(c3ccccc3)c3ccccc3)C2)P(c2ccccc2)c2ccccc2)cc1. The van der Waals surface area contributed by atoms with E-state index in [0.29, 0.717) is 12.0 Å². The number of benzene rings is 8. The summed E-state index contributed by atoms with van der Waals surface area (Å²) in [5.41, 5.74) is 0. The number of hydrogen-bond donors (Lipinski definition) is 0. The van der Waals surface area contributed by atoms with Gasteiger partial charge in [-0.3, -0.25) is 0 Å². The Morgan fingerprint density at radius 1 is 0.311 bits per heavy atom. The zero-order valence-corrected chi connectivity index (χ0v) is 38.0. The topological polar surface area (TPSA) is 6.48 Å². The standard InChI is InChI=1S/C55H52N2P4/c1-9-28-48(29-10-1)58(49-30-11-2-12-31-49)56(59(50-32-13-3-14-33-50)51-34-15-4-16-35-51)45-46-26-25-27-47(44-46)57(60(52-36-17-5-18-37-52)53-38-19-6-20-39-53)61(54-40-21-7-22-41-54)55-42-23-8-24-43-55/h1-24,28-43,46-47H,25-27,44-45H2. The fraction of sp³-hybridized carbons (Fsp3) is 0.127. The van der Waals surface area contributed by atoms with E-state index in [9.17, 15) is 0 Å². The van der Waals surface area contributed by atoms with Crippen molar-refractivity contribution in [1.29, 1.82) is 0 Å².